The molecule has 0 rings (SSSR count). The fourth-order valence-corrected chi connectivity index (χ4v) is 7.26. The van der Waals surface area contributed by atoms with Gasteiger partial charge < -0.3 is 14.2 Å². The number of hydrogen-bond acceptors (Lipinski definition) is 6. The molecule has 0 amide bonds. The van der Waals surface area contributed by atoms with Gasteiger partial charge in [0.25, 0.3) is 0 Å². The molecular formula is C66H104O6. The van der Waals surface area contributed by atoms with Crippen LogP contribution in [0.3, 0.4) is 0 Å². The molecule has 0 saturated carbocycles. The minimum atomic E-state index is -0.805. The number of allylic oxidation sites excluding steroid dienone is 24. The molecule has 0 saturated heterocycles. The van der Waals surface area contributed by atoms with Crippen LogP contribution in [0.15, 0.2) is 146 Å². The molecule has 0 N–H and O–H groups in total. The molecule has 0 aromatic carbocycles. The molecule has 0 aliphatic carbocycles. The van der Waals surface area contributed by atoms with Crippen LogP contribution in [0.5, 0.6) is 0 Å². The van der Waals surface area contributed by atoms with E-state index in [4.69, 9.17) is 14.2 Å². The second-order valence-corrected chi connectivity index (χ2v) is 18.5. The Balaban J connectivity index is 4.25. The lowest BCUT2D eigenvalue weighted by atomic mass is 10.1. The fourth-order valence-electron chi connectivity index (χ4n) is 7.26. The Kier molecular flexibility index (Phi) is 55.0. The maximum atomic E-state index is 12.8. The van der Waals surface area contributed by atoms with Gasteiger partial charge in [-0.3, -0.25) is 14.4 Å². The van der Waals surface area contributed by atoms with E-state index >= 15 is 0 Å². The average Bonchev–Trinajstić information content (AvgIpc) is 3.38. The minimum Gasteiger partial charge on any atom is -0.462 e. The van der Waals surface area contributed by atoms with E-state index in [-0.39, 0.29) is 31.1 Å². The quantitative estimate of drug-likeness (QED) is 0.0261. The molecule has 6 heteroatoms. The predicted octanol–water partition coefficient (Wildman–Crippen LogP) is 19.6. The van der Waals surface area contributed by atoms with Crippen molar-refractivity contribution in [1.82, 2.24) is 0 Å². The van der Waals surface area contributed by atoms with Crippen molar-refractivity contribution in [3.05, 3.63) is 146 Å². The third-order valence-corrected chi connectivity index (χ3v) is 11.6. The summed E-state index contributed by atoms with van der Waals surface area (Å²) in [5.74, 6) is -0.980. The van der Waals surface area contributed by atoms with Crippen LogP contribution in [0, 0.1) is 0 Å². The Morgan fingerprint density at radius 1 is 0.292 bits per heavy atom. The zero-order valence-corrected chi connectivity index (χ0v) is 46.1. The number of hydrogen-bond donors (Lipinski definition) is 0. The van der Waals surface area contributed by atoms with E-state index in [1.54, 1.807) is 0 Å². The van der Waals surface area contributed by atoms with E-state index in [1.165, 1.54) is 44.9 Å². The van der Waals surface area contributed by atoms with Crippen LogP contribution in [0.2, 0.25) is 0 Å². The predicted molar refractivity (Wildman–Crippen MR) is 311 cm³/mol. The van der Waals surface area contributed by atoms with Crippen LogP contribution in [0.1, 0.15) is 233 Å². The molecule has 1 atom stereocenters. The van der Waals surface area contributed by atoms with Crippen molar-refractivity contribution in [1.29, 1.82) is 0 Å². The van der Waals surface area contributed by atoms with Crippen molar-refractivity contribution in [3.8, 4) is 0 Å². The molecule has 72 heavy (non-hydrogen) atoms. The number of rotatable bonds is 50. The molecule has 0 spiro atoms. The third-order valence-electron chi connectivity index (χ3n) is 11.6. The lowest BCUT2D eigenvalue weighted by Gasteiger charge is -2.18. The summed E-state index contributed by atoms with van der Waals surface area (Å²) in [6, 6.07) is 0. The Morgan fingerprint density at radius 2 is 0.542 bits per heavy atom. The number of carbonyl (C=O) groups excluding carboxylic acids is 3. The van der Waals surface area contributed by atoms with E-state index < -0.39 is 6.10 Å². The van der Waals surface area contributed by atoms with Crippen molar-refractivity contribution < 1.29 is 28.6 Å². The second-order valence-electron chi connectivity index (χ2n) is 18.5. The van der Waals surface area contributed by atoms with Gasteiger partial charge >= 0.3 is 17.9 Å². The molecule has 0 fully saturated rings. The highest BCUT2D eigenvalue weighted by Gasteiger charge is 2.19. The summed E-state index contributed by atoms with van der Waals surface area (Å²) < 4.78 is 16.7. The third kappa shape index (κ3) is 56.2. The highest BCUT2D eigenvalue weighted by atomic mass is 16.6. The van der Waals surface area contributed by atoms with Gasteiger partial charge in [0.05, 0.1) is 0 Å². The number of esters is 3. The summed E-state index contributed by atoms with van der Waals surface area (Å²) in [6.45, 7) is 6.37. The summed E-state index contributed by atoms with van der Waals surface area (Å²) >= 11 is 0. The smallest absolute Gasteiger partial charge is 0.306 e. The lowest BCUT2D eigenvalue weighted by molar-refractivity contribution is -0.167. The number of unbranched alkanes of at least 4 members (excludes halogenated alkanes) is 15. The maximum absolute atomic E-state index is 12.8. The Morgan fingerprint density at radius 3 is 0.903 bits per heavy atom. The van der Waals surface area contributed by atoms with Gasteiger partial charge in [0.1, 0.15) is 13.2 Å². The van der Waals surface area contributed by atoms with Crippen molar-refractivity contribution in [2.75, 3.05) is 13.2 Å². The molecule has 1 unspecified atom stereocenters. The summed E-state index contributed by atoms with van der Waals surface area (Å²) in [4.78, 5) is 37.8. The first-order valence-electron chi connectivity index (χ1n) is 28.8. The van der Waals surface area contributed by atoms with Gasteiger partial charge in [0.2, 0.25) is 0 Å². The molecule has 0 aromatic heterocycles. The summed E-state index contributed by atoms with van der Waals surface area (Å²) in [5.41, 5.74) is 0. The topological polar surface area (TPSA) is 78.9 Å². The van der Waals surface area contributed by atoms with E-state index in [0.717, 1.165) is 141 Å². The average molecular weight is 994 g/mol. The van der Waals surface area contributed by atoms with Gasteiger partial charge in [-0.2, -0.15) is 0 Å². The highest BCUT2D eigenvalue weighted by Crippen LogP contribution is 2.12. The fraction of sp³-hybridized carbons (Fsp3) is 0.591. The van der Waals surface area contributed by atoms with Gasteiger partial charge in [-0.1, -0.05) is 231 Å². The molecule has 0 radical (unpaired) electrons. The van der Waals surface area contributed by atoms with Gasteiger partial charge in [-0.15, -0.1) is 0 Å². The molecule has 0 aliphatic heterocycles. The van der Waals surface area contributed by atoms with Crippen molar-refractivity contribution in [2.24, 2.45) is 0 Å². The number of ether oxygens (including phenoxy) is 3. The Labute approximate surface area is 442 Å². The molecule has 0 aromatic rings. The normalized spacial score (nSPS) is 13.2. The SMILES string of the molecule is CC/C=C\C/C=C\C/C=C\C/C=C\C/C=C\C/C=C\C/C=C\C/C=C\C/C=C\C/C=C\CCCCC(=O)OCC(COC(=O)CCCCCCCC)OC(=O)CCCCCCC/C=C\C/C=C\CCCCC. The van der Waals surface area contributed by atoms with E-state index in [1.807, 2.05) is 0 Å². The maximum Gasteiger partial charge on any atom is 0.306 e. The monoisotopic (exact) mass is 993 g/mol. The van der Waals surface area contributed by atoms with Gasteiger partial charge in [-0.25, -0.2) is 0 Å². The molecule has 6 nitrogen and oxygen atoms in total. The van der Waals surface area contributed by atoms with Gasteiger partial charge in [0, 0.05) is 19.3 Å². The molecule has 404 valence electrons. The van der Waals surface area contributed by atoms with Crippen LogP contribution in [-0.2, 0) is 28.6 Å². The first-order chi connectivity index (χ1) is 35.5. The van der Waals surface area contributed by atoms with Gasteiger partial charge in [-0.05, 0) is 128 Å². The highest BCUT2D eigenvalue weighted by molar-refractivity contribution is 5.71. The van der Waals surface area contributed by atoms with Crippen LogP contribution < -0.4 is 0 Å². The number of carbonyl (C=O) groups is 3. The summed E-state index contributed by atoms with van der Waals surface area (Å²) in [7, 11) is 0. The standard InChI is InChI=1S/C66H104O6/c1-4-7-10-13-16-18-20-22-24-25-26-27-28-29-30-31-32-33-34-35-36-37-38-39-40-41-43-44-46-48-50-53-56-59-65(68)71-62-63(61-70-64(67)58-55-52-15-12-9-6-3)72-66(69)60-57-54-51-49-47-45-42-23-21-19-17-14-11-8-5-2/h7,10,16-19,22-24,26-27,29-30,32-33,35-36,38-39,41-43,46,48,63H,4-6,8-9,11-15,20-21,25,28,31,34,37,40,44-45,47,49-62H2,1-3H3/b10-7-,18-16-,19-17-,24-22-,27-26-,30-29-,33-32-,36-35-,39-38-,42-23-,43-41-,48-46-. The lowest BCUT2D eigenvalue weighted by Crippen LogP contribution is -2.30. The molecule has 0 heterocycles. The summed E-state index contributed by atoms with van der Waals surface area (Å²) in [5, 5.41) is 0. The van der Waals surface area contributed by atoms with E-state index in [0.29, 0.717) is 25.7 Å². The Bertz CT molecular complexity index is 1610. The first-order valence-corrected chi connectivity index (χ1v) is 28.8. The van der Waals surface area contributed by atoms with Gasteiger partial charge in [0.15, 0.2) is 6.10 Å². The van der Waals surface area contributed by atoms with Crippen LogP contribution in [0.4, 0.5) is 0 Å². The van der Waals surface area contributed by atoms with E-state index in [9.17, 15) is 14.4 Å². The molecule has 0 aliphatic rings. The summed E-state index contributed by atoms with van der Waals surface area (Å²) in [6.07, 6.45) is 84.5. The molecular weight excluding hydrogens is 889 g/mol. The minimum absolute atomic E-state index is 0.102. The van der Waals surface area contributed by atoms with E-state index in [2.05, 4.69) is 167 Å². The largest absolute Gasteiger partial charge is 0.462 e. The zero-order chi connectivity index (χ0) is 52.2. The Hall–Kier alpha value is -4.71. The van der Waals surface area contributed by atoms with Crippen molar-refractivity contribution in [2.45, 2.75) is 239 Å². The van der Waals surface area contributed by atoms with Crippen molar-refractivity contribution in [3.63, 3.8) is 0 Å². The van der Waals surface area contributed by atoms with Crippen LogP contribution >= 0.6 is 0 Å². The second kappa shape index (κ2) is 58.9. The zero-order valence-electron chi connectivity index (χ0n) is 46.1. The first kappa shape index (κ1) is 67.3. The van der Waals surface area contributed by atoms with Crippen molar-refractivity contribution >= 4 is 17.9 Å². The van der Waals surface area contributed by atoms with Crippen LogP contribution in [0.25, 0.3) is 0 Å². The van der Waals surface area contributed by atoms with Crippen LogP contribution in [-0.4, -0.2) is 37.2 Å². The molecule has 0 bridgehead atoms.